The van der Waals surface area contributed by atoms with Gasteiger partial charge in [0.2, 0.25) is 10.0 Å². The second-order valence-electron chi connectivity index (χ2n) is 7.49. The Labute approximate surface area is 201 Å². The maximum atomic E-state index is 13.1. The number of fused-ring (bicyclic) bond motifs is 1. The van der Waals surface area contributed by atoms with Crippen molar-refractivity contribution in [1.82, 2.24) is 0 Å². The molecule has 1 heterocycles. The maximum absolute atomic E-state index is 13.1. The highest BCUT2D eigenvalue weighted by molar-refractivity contribution is 9.10. The molecule has 0 saturated heterocycles. The van der Waals surface area contributed by atoms with Crippen LogP contribution >= 0.6 is 15.9 Å². The molecule has 0 aliphatic carbocycles. The number of benzene rings is 3. The van der Waals surface area contributed by atoms with E-state index >= 15 is 0 Å². The Morgan fingerprint density at radius 3 is 2.41 bits per heavy atom. The van der Waals surface area contributed by atoms with Crippen LogP contribution in [0.25, 0.3) is 11.1 Å². The van der Waals surface area contributed by atoms with Crippen molar-refractivity contribution in [2.75, 3.05) is 22.6 Å². The van der Waals surface area contributed by atoms with E-state index in [0.717, 1.165) is 18.4 Å². The summed E-state index contributed by atoms with van der Waals surface area (Å²) < 4.78 is 70.0. The number of phenolic OH excluding ortho intramolecular Hbond substituents is 1. The van der Waals surface area contributed by atoms with E-state index in [9.17, 15) is 31.5 Å². The van der Waals surface area contributed by atoms with Crippen molar-refractivity contribution in [3.05, 3.63) is 70.2 Å². The Bertz CT molecular complexity index is 1410. The first-order valence-corrected chi connectivity index (χ1v) is 12.3. The van der Waals surface area contributed by atoms with Gasteiger partial charge in [-0.15, -0.1) is 0 Å². The molecule has 3 aromatic rings. The van der Waals surface area contributed by atoms with Crippen molar-refractivity contribution < 1.29 is 36.2 Å². The van der Waals surface area contributed by atoms with Crippen LogP contribution in [0.15, 0.2) is 59.1 Å². The minimum absolute atomic E-state index is 0.0962. The van der Waals surface area contributed by atoms with Crippen LogP contribution in [0.4, 0.5) is 24.5 Å². The van der Waals surface area contributed by atoms with E-state index in [1.807, 2.05) is 0 Å². The molecule has 0 radical (unpaired) electrons. The van der Waals surface area contributed by atoms with Gasteiger partial charge in [0.15, 0.2) is 6.73 Å². The van der Waals surface area contributed by atoms with Crippen LogP contribution in [0.5, 0.6) is 11.5 Å². The van der Waals surface area contributed by atoms with Gasteiger partial charge in [0.25, 0.3) is 5.91 Å². The summed E-state index contributed by atoms with van der Waals surface area (Å²) in [6, 6.07) is 11.9. The number of carbonyl (C=O) groups is 1. The van der Waals surface area contributed by atoms with E-state index in [2.05, 4.69) is 20.7 Å². The molecule has 0 atom stereocenters. The van der Waals surface area contributed by atoms with Crippen LogP contribution < -0.4 is 14.4 Å². The number of rotatable bonds is 4. The molecule has 3 aromatic carbocycles. The molecule has 12 heteroatoms. The molecular weight excluding hydrogens is 541 g/mol. The summed E-state index contributed by atoms with van der Waals surface area (Å²) in [4.78, 5) is 14.3. The van der Waals surface area contributed by atoms with E-state index < -0.39 is 27.7 Å². The lowest BCUT2D eigenvalue weighted by molar-refractivity contribution is -0.137. The van der Waals surface area contributed by atoms with Gasteiger partial charge < -0.3 is 9.84 Å². The molecule has 0 bridgehead atoms. The standard InChI is InChI=1S/C22H16BrF3N2O5S/c1-34(31,32)27-18-10-14(4-7-19(18)29)28-11-33-20-8-12(2-5-16(20)21(28)30)15-6-3-13(9-17(15)23)22(24,25)26/h2-10,27,29H,11H2,1H3. The summed E-state index contributed by atoms with van der Waals surface area (Å²) in [5.74, 6) is -0.499. The monoisotopic (exact) mass is 556 g/mol. The SMILES string of the molecule is CS(=O)(=O)Nc1cc(N2COc3cc(-c4ccc(C(F)(F)F)cc4Br)ccc3C2=O)ccc1O. The number of halogens is 4. The van der Waals surface area contributed by atoms with Crippen LogP contribution in [0, 0.1) is 0 Å². The minimum atomic E-state index is -4.47. The Kier molecular flexibility index (Phi) is 5.98. The van der Waals surface area contributed by atoms with Gasteiger partial charge in [0, 0.05) is 10.2 Å². The van der Waals surface area contributed by atoms with Crippen molar-refractivity contribution >= 4 is 43.2 Å². The Morgan fingerprint density at radius 2 is 1.76 bits per heavy atom. The zero-order chi connectivity index (χ0) is 24.8. The number of hydrogen-bond donors (Lipinski definition) is 2. The molecule has 178 valence electrons. The fraction of sp³-hybridized carbons (Fsp3) is 0.136. The zero-order valence-corrected chi connectivity index (χ0v) is 19.8. The van der Waals surface area contributed by atoms with Crippen molar-refractivity contribution in [3.63, 3.8) is 0 Å². The Morgan fingerprint density at radius 1 is 1.06 bits per heavy atom. The van der Waals surface area contributed by atoms with Crippen molar-refractivity contribution in [2.45, 2.75) is 6.18 Å². The molecule has 1 amide bonds. The summed E-state index contributed by atoms with van der Waals surface area (Å²) in [6.45, 7) is -0.202. The number of nitrogens with one attached hydrogen (secondary N) is 1. The van der Waals surface area contributed by atoms with E-state index in [0.29, 0.717) is 11.1 Å². The number of amides is 1. The number of carbonyl (C=O) groups excluding carboxylic acids is 1. The minimum Gasteiger partial charge on any atom is -0.506 e. The lowest BCUT2D eigenvalue weighted by atomic mass is 10.0. The Hall–Kier alpha value is -3.25. The van der Waals surface area contributed by atoms with Gasteiger partial charge in [-0.25, -0.2) is 8.42 Å². The lowest BCUT2D eigenvalue weighted by Gasteiger charge is -2.29. The lowest BCUT2D eigenvalue weighted by Crippen LogP contribution is -2.38. The van der Waals surface area contributed by atoms with Crippen LogP contribution in [0.1, 0.15) is 15.9 Å². The molecule has 2 N–H and O–H groups in total. The number of sulfonamides is 1. The van der Waals surface area contributed by atoms with Gasteiger partial charge >= 0.3 is 6.18 Å². The first-order valence-electron chi connectivity index (χ1n) is 9.60. The topological polar surface area (TPSA) is 95.9 Å². The number of hydrogen-bond acceptors (Lipinski definition) is 5. The molecule has 0 saturated carbocycles. The summed E-state index contributed by atoms with van der Waals surface area (Å²) in [5.41, 5.74) is 0.648. The van der Waals surface area contributed by atoms with Crippen molar-refractivity contribution in [3.8, 4) is 22.6 Å². The molecule has 4 rings (SSSR count). The van der Waals surface area contributed by atoms with Gasteiger partial charge in [-0.05, 0) is 53.6 Å². The smallest absolute Gasteiger partial charge is 0.416 e. The van der Waals surface area contributed by atoms with E-state index in [1.54, 1.807) is 12.1 Å². The van der Waals surface area contributed by atoms with Gasteiger partial charge in [0.05, 0.1) is 23.1 Å². The summed E-state index contributed by atoms with van der Waals surface area (Å²) in [6.07, 6.45) is -3.54. The van der Waals surface area contributed by atoms with Gasteiger partial charge in [-0.1, -0.05) is 28.1 Å². The second kappa shape index (κ2) is 8.51. The molecule has 7 nitrogen and oxygen atoms in total. The molecule has 0 aromatic heterocycles. The third-order valence-corrected chi connectivity index (χ3v) is 6.25. The fourth-order valence-corrected chi connectivity index (χ4v) is 4.59. The molecule has 0 spiro atoms. The number of nitrogens with zero attached hydrogens (tertiary/aromatic N) is 1. The maximum Gasteiger partial charge on any atom is 0.416 e. The van der Waals surface area contributed by atoms with E-state index in [1.165, 1.54) is 35.2 Å². The molecule has 0 fully saturated rings. The second-order valence-corrected chi connectivity index (χ2v) is 10.1. The Balaban J connectivity index is 1.64. The summed E-state index contributed by atoms with van der Waals surface area (Å²) in [5, 5.41) is 9.92. The molecule has 1 aliphatic heterocycles. The third kappa shape index (κ3) is 4.82. The number of phenols is 1. The molecule has 34 heavy (non-hydrogen) atoms. The highest BCUT2D eigenvalue weighted by Gasteiger charge is 2.31. The third-order valence-electron chi connectivity index (χ3n) is 5.00. The summed E-state index contributed by atoms with van der Waals surface area (Å²) in [7, 11) is -3.67. The number of alkyl halides is 3. The molecule has 0 unspecified atom stereocenters. The quantitative estimate of drug-likeness (QED) is 0.430. The number of ether oxygens (including phenoxy) is 1. The fourth-order valence-electron chi connectivity index (χ4n) is 3.41. The van der Waals surface area contributed by atoms with E-state index in [-0.39, 0.29) is 39.6 Å². The largest absolute Gasteiger partial charge is 0.506 e. The molecule has 1 aliphatic rings. The number of anilines is 2. The average Bonchev–Trinajstić information content (AvgIpc) is 2.74. The highest BCUT2D eigenvalue weighted by Crippen LogP contribution is 2.39. The predicted molar refractivity (Wildman–Crippen MR) is 123 cm³/mol. The summed E-state index contributed by atoms with van der Waals surface area (Å²) >= 11 is 3.17. The van der Waals surface area contributed by atoms with Gasteiger partial charge in [-0.3, -0.25) is 14.4 Å². The van der Waals surface area contributed by atoms with Crippen LogP contribution in [0.3, 0.4) is 0 Å². The first-order chi connectivity index (χ1) is 15.8. The highest BCUT2D eigenvalue weighted by atomic mass is 79.9. The van der Waals surface area contributed by atoms with Gasteiger partial charge in [-0.2, -0.15) is 13.2 Å². The molecular formula is C22H16BrF3N2O5S. The average molecular weight is 557 g/mol. The normalized spacial score (nSPS) is 13.9. The van der Waals surface area contributed by atoms with Crippen LogP contribution in [-0.4, -0.2) is 32.4 Å². The van der Waals surface area contributed by atoms with Crippen LogP contribution in [0.2, 0.25) is 0 Å². The first kappa shape index (κ1) is 23.9. The zero-order valence-electron chi connectivity index (χ0n) is 17.4. The van der Waals surface area contributed by atoms with Gasteiger partial charge in [0.1, 0.15) is 11.5 Å². The van der Waals surface area contributed by atoms with Crippen molar-refractivity contribution in [2.24, 2.45) is 0 Å². The van der Waals surface area contributed by atoms with Crippen molar-refractivity contribution in [1.29, 1.82) is 0 Å². The number of aromatic hydroxyl groups is 1. The van der Waals surface area contributed by atoms with E-state index in [4.69, 9.17) is 4.74 Å². The predicted octanol–water partition coefficient (Wildman–Crippen LogP) is 5.21. The van der Waals surface area contributed by atoms with Crippen LogP contribution in [-0.2, 0) is 16.2 Å².